The van der Waals surface area contributed by atoms with E-state index in [2.05, 4.69) is 27.7 Å². The van der Waals surface area contributed by atoms with Crippen LogP contribution in [0.1, 0.15) is 432 Å². The van der Waals surface area contributed by atoms with E-state index in [-0.39, 0.29) is 25.7 Å². The van der Waals surface area contributed by atoms with E-state index in [9.17, 15) is 43.2 Å². The molecular formula is C80H156O17P2. The van der Waals surface area contributed by atoms with Gasteiger partial charge in [-0.15, -0.1) is 0 Å². The summed E-state index contributed by atoms with van der Waals surface area (Å²) in [7, 11) is -9.91. The third kappa shape index (κ3) is 74.1. The van der Waals surface area contributed by atoms with E-state index in [1.165, 1.54) is 263 Å². The monoisotopic (exact) mass is 1450 g/mol. The van der Waals surface area contributed by atoms with Gasteiger partial charge >= 0.3 is 39.5 Å². The van der Waals surface area contributed by atoms with Crippen molar-refractivity contribution in [2.45, 2.75) is 451 Å². The van der Waals surface area contributed by atoms with Gasteiger partial charge in [-0.1, -0.05) is 381 Å². The van der Waals surface area contributed by atoms with E-state index in [1.807, 2.05) is 0 Å². The number of phosphoric acid groups is 2. The Morgan fingerprint density at radius 1 is 0.242 bits per heavy atom. The summed E-state index contributed by atoms with van der Waals surface area (Å²) in [4.78, 5) is 73.0. The number of aliphatic hydroxyl groups excluding tert-OH is 1. The van der Waals surface area contributed by atoms with Gasteiger partial charge in [-0.05, 0) is 25.7 Å². The van der Waals surface area contributed by atoms with E-state index in [1.54, 1.807) is 0 Å². The minimum atomic E-state index is -4.96. The van der Waals surface area contributed by atoms with Crippen molar-refractivity contribution < 1.29 is 80.2 Å². The zero-order chi connectivity index (χ0) is 72.5. The van der Waals surface area contributed by atoms with Gasteiger partial charge in [0.05, 0.1) is 26.4 Å². The van der Waals surface area contributed by atoms with Crippen LogP contribution in [-0.2, 0) is 65.4 Å². The second-order valence-electron chi connectivity index (χ2n) is 28.8. The molecule has 0 aromatic carbocycles. The Hall–Kier alpha value is -1.94. The molecular weight excluding hydrogens is 1290 g/mol. The zero-order valence-corrected chi connectivity index (χ0v) is 66.3. The first-order chi connectivity index (χ1) is 48.2. The highest BCUT2D eigenvalue weighted by atomic mass is 31.2. The van der Waals surface area contributed by atoms with Crippen molar-refractivity contribution in [1.29, 1.82) is 0 Å². The molecule has 0 radical (unpaired) electrons. The van der Waals surface area contributed by atoms with Crippen LogP contribution in [0.3, 0.4) is 0 Å². The Morgan fingerprint density at radius 2 is 0.404 bits per heavy atom. The lowest BCUT2D eigenvalue weighted by atomic mass is 10.0. The van der Waals surface area contributed by atoms with Gasteiger partial charge < -0.3 is 33.8 Å². The van der Waals surface area contributed by atoms with Crippen molar-refractivity contribution in [3.8, 4) is 0 Å². The van der Waals surface area contributed by atoms with Gasteiger partial charge in [-0.3, -0.25) is 37.3 Å². The molecule has 0 aliphatic carbocycles. The first kappa shape index (κ1) is 97.1. The van der Waals surface area contributed by atoms with Gasteiger partial charge in [0, 0.05) is 25.7 Å². The molecule has 0 aromatic rings. The molecule has 588 valence electrons. The maximum atomic E-state index is 13.1. The van der Waals surface area contributed by atoms with Crippen LogP contribution in [0.5, 0.6) is 0 Å². The quantitative estimate of drug-likeness (QED) is 0.0222. The van der Waals surface area contributed by atoms with Crippen molar-refractivity contribution in [3.05, 3.63) is 0 Å². The highest BCUT2D eigenvalue weighted by molar-refractivity contribution is 7.47. The number of esters is 4. The van der Waals surface area contributed by atoms with Crippen LogP contribution in [0, 0.1) is 0 Å². The summed E-state index contributed by atoms with van der Waals surface area (Å²) in [6.07, 6.45) is 66.5. The van der Waals surface area contributed by atoms with Gasteiger partial charge in [0.15, 0.2) is 12.2 Å². The zero-order valence-electron chi connectivity index (χ0n) is 64.5. The average molecular weight is 1450 g/mol. The van der Waals surface area contributed by atoms with Crippen LogP contribution in [0.2, 0.25) is 0 Å². The second-order valence-corrected chi connectivity index (χ2v) is 31.7. The van der Waals surface area contributed by atoms with Gasteiger partial charge in [0.25, 0.3) is 0 Å². The van der Waals surface area contributed by atoms with Gasteiger partial charge in [0.1, 0.15) is 19.3 Å². The molecule has 0 heterocycles. The SMILES string of the molecule is CCCCCCCCCCCCCCCCCCCCC(=O)OC[C@H](COP(=O)(O)OC[C@@H](O)COP(=O)(O)OC[C@@H](COC(=O)CCCCCCCCCCCCC)OC(=O)CCCCCCCCCCCCCC)OC(=O)CCCCCCCCCCCCCCCCCCCC. The summed E-state index contributed by atoms with van der Waals surface area (Å²) in [6, 6.07) is 0. The fraction of sp³-hybridized carbons (Fsp3) is 0.950. The van der Waals surface area contributed by atoms with Crippen LogP contribution >= 0.6 is 15.6 Å². The fourth-order valence-corrected chi connectivity index (χ4v) is 14.0. The first-order valence-electron chi connectivity index (χ1n) is 41.8. The topological polar surface area (TPSA) is 237 Å². The van der Waals surface area contributed by atoms with E-state index in [4.69, 9.17) is 37.0 Å². The molecule has 0 saturated carbocycles. The van der Waals surface area contributed by atoms with Gasteiger partial charge in [0.2, 0.25) is 0 Å². The highest BCUT2D eigenvalue weighted by Crippen LogP contribution is 2.45. The molecule has 0 aliphatic heterocycles. The molecule has 19 heteroatoms. The lowest BCUT2D eigenvalue weighted by molar-refractivity contribution is -0.161. The molecule has 0 saturated heterocycles. The first-order valence-corrected chi connectivity index (χ1v) is 44.8. The van der Waals surface area contributed by atoms with E-state index < -0.39 is 97.5 Å². The summed E-state index contributed by atoms with van der Waals surface area (Å²) >= 11 is 0. The molecule has 5 atom stereocenters. The lowest BCUT2D eigenvalue weighted by Gasteiger charge is -2.21. The summed E-state index contributed by atoms with van der Waals surface area (Å²) < 4.78 is 68.7. The normalized spacial score (nSPS) is 13.8. The summed E-state index contributed by atoms with van der Waals surface area (Å²) in [5, 5.41) is 10.6. The van der Waals surface area contributed by atoms with E-state index >= 15 is 0 Å². The smallest absolute Gasteiger partial charge is 0.462 e. The van der Waals surface area contributed by atoms with Gasteiger partial charge in [-0.2, -0.15) is 0 Å². The van der Waals surface area contributed by atoms with Crippen LogP contribution in [0.15, 0.2) is 0 Å². The van der Waals surface area contributed by atoms with Crippen molar-refractivity contribution in [3.63, 3.8) is 0 Å². The molecule has 99 heavy (non-hydrogen) atoms. The number of rotatable bonds is 81. The Labute approximate surface area is 607 Å². The third-order valence-electron chi connectivity index (χ3n) is 18.9. The van der Waals surface area contributed by atoms with E-state index in [0.717, 1.165) is 89.9 Å². The van der Waals surface area contributed by atoms with E-state index in [0.29, 0.717) is 25.7 Å². The number of hydrogen-bond acceptors (Lipinski definition) is 15. The Kier molecular flexibility index (Phi) is 72.9. The highest BCUT2D eigenvalue weighted by Gasteiger charge is 2.30. The predicted octanol–water partition coefficient (Wildman–Crippen LogP) is 24.2. The van der Waals surface area contributed by atoms with Crippen LogP contribution < -0.4 is 0 Å². The van der Waals surface area contributed by atoms with Crippen LogP contribution in [0.25, 0.3) is 0 Å². The molecule has 0 spiro atoms. The van der Waals surface area contributed by atoms with Crippen molar-refractivity contribution in [2.75, 3.05) is 39.6 Å². The number of unbranched alkanes of at least 4 members (excludes halogenated alkanes) is 55. The minimum absolute atomic E-state index is 0.108. The molecule has 0 bridgehead atoms. The van der Waals surface area contributed by atoms with Crippen LogP contribution in [0.4, 0.5) is 0 Å². The third-order valence-corrected chi connectivity index (χ3v) is 20.8. The number of hydrogen-bond donors (Lipinski definition) is 3. The molecule has 0 amide bonds. The predicted molar refractivity (Wildman–Crippen MR) is 405 cm³/mol. The number of aliphatic hydroxyl groups is 1. The minimum Gasteiger partial charge on any atom is -0.462 e. The molecule has 0 aliphatic rings. The Morgan fingerprint density at radius 3 is 0.596 bits per heavy atom. The summed E-state index contributed by atoms with van der Waals surface area (Å²) in [5.74, 6) is -2.10. The fourth-order valence-electron chi connectivity index (χ4n) is 12.5. The summed E-state index contributed by atoms with van der Waals surface area (Å²) in [6.45, 7) is 5.02. The number of phosphoric ester groups is 2. The van der Waals surface area contributed by atoms with Crippen LogP contribution in [-0.4, -0.2) is 96.7 Å². The molecule has 0 fully saturated rings. The van der Waals surface area contributed by atoms with Crippen molar-refractivity contribution in [1.82, 2.24) is 0 Å². The number of carbonyl (C=O) groups is 4. The van der Waals surface area contributed by atoms with Gasteiger partial charge in [-0.25, -0.2) is 9.13 Å². The molecule has 0 aromatic heterocycles. The standard InChI is InChI=1S/C80H156O17P2/c1-5-9-13-17-21-25-29-32-34-36-38-40-42-46-49-53-57-61-65-78(83)91-71-76(97-80(85)67-63-59-55-51-47-43-41-39-37-35-33-30-26-22-18-14-10-6-2)73-95-99(88,89)93-69-74(81)68-92-98(86,87)94-72-75(70-90-77(82)64-60-56-52-48-44-28-24-20-16-12-8-4)96-79(84)66-62-58-54-50-45-31-27-23-19-15-11-7-3/h74-76,81H,5-73H2,1-4H3,(H,86,87)(H,88,89)/t74-,75+,76+/m0/s1. The molecule has 2 unspecified atom stereocenters. The Bertz CT molecular complexity index is 1880. The average Bonchev–Trinajstić information content (AvgIpc) is 1.06. The van der Waals surface area contributed by atoms with Crippen molar-refractivity contribution >= 4 is 39.5 Å². The lowest BCUT2D eigenvalue weighted by Crippen LogP contribution is -2.30. The molecule has 0 rings (SSSR count). The maximum absolute atomic E-state index is 13.1. The molecule has 3 N–H and O–H groups in total. The number of ether oxygens (including phenoxy) is 4. The van der Waals surface area contributed by atoms with Crippen molar-refractivity contribution in [2.24, 2.45) is 0 Å². The largest absolute Gasteiger partial charge is 0.472 e. The Balaban J connectivity index is 5.23. The molecule has 17 nitrogen and oxygen atoms in total. The number of carbonyl (C=O) groups excluding carboxylic acids is 4. The maximum Gasteiger partial charge on any atom is 0.472 e. The summed E-state index contributed by atoms with van der Waals surface area (Å²) in [5.41, 5.74) is 0. The second kappa shape index (κ2) is 74.3.